The summed E-state index contributed by atoms with van der Waals surface area (Å²) >= 11 is 0. The van der Waals surface area contributed by atoms with Crippen LogP contribution in [0.25, 0.3) is 0 Å². The Hall–Kier alpha value is -1.69. The number of hydrogen-bond acceptors (Lipinski definition) is 2. The minimum Gasteiger partial charge on any atom is -0.381 e. The van der Waals surface area contributed by atoms with Crippen LogP contribution in [-0.4, -0.2) is 32.3 Å². The lowest BCUT2D eigenvalue weighted by Crippen LogP contribution is -2.39. The number of hydrogen-bond donors (Lipinski definition) is 2. The third-order valence-electron chi connectivity index (χ3n) is 3.26. The fraction of sp³-hybridized carbons (Fsp3) is 0.500. The molecule has 2 rings (SSSR count). The lowest BCUT2D eigenvalue weighted by atomic mass is 10.1. The zero-order valence-corrected chi connectivity index (χ0v) is 11.1. The molecule has 1 aromatic carbocycles. The topological polar surface area (TPSA) is 50.4 Å². The Morgan fingerprint density at radius 2 is 2.20 bits per heavy atom. The van der Waals surface area contributed by atoms with Crippen LogP contribution in [0.5, 0.6) is 0 Å². The van der Waals surface area contributed by atoms with Crippen molar-refractivity contribution in [1.29, 1.82) is 0 Å². The van der Waals surface area contributed by atoms with Crippen LogP contribution in [0, 0.1) is 17.6 Å². The molecule has 1 atom stereocenters. The molecule has 20 heavy (non-hydrogen) atoms. The van der Waals surface area contributed by atoms with Crippen molar-refractivity contribution in [3.8, 4) is 0 Å². The summed E-state index contributed by atoms with van der Waals surface area (Å²) in [5.74, 6) is -0.579. The maximum absolute atomic E-state index is 13.3. The second kappa shape index (κ2) is 7.19. The molecule has 1 aliphatic heterocycles. The molecule has 1 saturated heterocycles. The van der Waals surface area contributed by atoms with Gasteiger partial charge in [-0.3, -0.25) is 0 Å². The average molecular weight is 284 g/mol. The van der Waals surface area contributed by atoms with E-state index in [2.05, 4.69) is 10.6 Å². The summed E-state index contributed by atoms with van der Waals surface area (Å²) in [6.07, 6.45) is 1.21. The van der Waals surface area contributed by atoms with Gasteiger partial charge in [-0.15, -0.1) is 0 Å². The van der Waals surface area contributed by atoms with Gasteiger partial charge in [0.05, 0.1) is 6.61 Å². The maximum Gasteiger partial charge on any atom is 0.314 e. The molecule has 0 aromatic heterocycles. The summed E-state index contributed by atoms with van der Waals surface area (Å²) in [6, 6.07) is 3.01. The lowest BCUT2D eigenvalue weighted by Gasteiger charge is -2.11. The van der Waals surface area contributed by atoms with E-state index in [1.54, 1.807) is 0 Å². The lowest BCUT2D eigenvalue weighted by molar-refractivity contribution is 0.185. The SMILES string of the molecule is O=C(NCCc1cc(F)ccc1F)NC[C@@H]1CCOC1. The largest absolute Gasteiger partial charge is 0.381 e. The summed E-state index contributed by atoms with van der Waals surface area (Å²) in [5.41, 5.74) is 0.259. The molecular formula is C14H18F2N2O2. The Kier molecular flexibility index (Phi) is 5.29. The van der Waals surface area contributed by atoms with Crippen LogP contribution in [0.15, 0.2) is 18.2 Å². The Balaban J connectivity index is 1.66. The third kappa shape index (κ3) is 4.45. The molecule has 0 unspecified atom stereocenters. The van der Waals surface area contributed by atoms with Crippen molar-refractivity contribution in [2.45, 2.75) is 12.8 Å². The molecule has 0 aliphatic carbocycles. The number of halogens is 2. The van der Waals surface area contributed by atoms with Crippen molar-refractivity contribution in [2.24, 2.45) is 5.92 Å². The highest BCUT2D eigenvalue weighted by atomic mass is 19.1. The highest BCUT2D eigenvalue weighted by Gasteiger charge is 2.16. The quantitative estimate of drug-likeness (QED) is 0.867. The summed E-state index contributed by atoms with van der Waals surface area (Å²) in [5, 5.41) is 5.36. The molecule has 0 saturated carbocycles. The van der Waals surface area contributed by atoms with E-state index in [0.29, 0.717) is 19.1 Å². The van der Waals surface area contributed by atoms with Gasteiger partial charge in [0.15, 0.2) is 0 Å². The van der Waals surface area contributed by atoms with Crippen LogP contribution < -0.4 is 10.6 Å². The minimum absolute atomic E-state index is 0.254. The van der Waals surface area contributed by atoms with Crippen LogP contribution in [0.3, 0.4) is 0 Å². The smallest absolute Gasteiger partial charge is 0.314 e. The molecule has 0 radical (unpaired) electrons. The van der Waals surface area contributed by atoms with E-state index in [1.807, 2.05) is 0 Å². The third-order valence-corrected chi connectivity index (χ3v) is 3.26. The number of benzene rings is 1. The van der Waals surface area contributed by atoms with Gasteiger partial charge in [0.25, 0.3) is 0 Å². The first kappa shape index (κ1) is 14.7. The van der Waals surface area contributed by atoms with E-state index >= 15 is 0 Å². The zero-order valence-electron chi connectivity index (χ0n) is 11.1. The molecule has 1 aliphatic rings. The van der Waals surface area contributed by atoms with Gasteiger partial charge < -0.3 is 15.4 Å². The van der Waals surface area contributed by atoms with E-state index < -0.39 is 11.6 Å². The van der Waals surface area contributed by atoms with Gasteiger partial charge in [0.1, 0.15) is 11.6 Å². The van der Waals surface area contributed by atoms with Crippen molar-refractivity contribution in [3.63, 3.8) is 0 Å². The predicted molar refractivity (Wildman–Crippen MR) is 70.4 cm³/mol. The normalized spacial score (nSPS) is 18.0. The predicted octanol–water partition coefficient (Wildman–Crippen LogP) is 1.84. The van der Waals surface area contributed by atoms with Crippen LogP contribution in [0.1, 0.15) is 12.0 Å². The highest BCUT2D eigenvalue weighted by molar-refractivity contribution is 5.73. The number of carbonyl (C=O) groups is 1. The average Bonchev–Trinajstić information content (AvgIpc) is 2.93. The molecule has 0 spiro atoms. The summed E-state index contributed by atoms with van der Waals surface area (Å²) in [6.45, 7) is 2.25. The first-order valence-electron chi connectivity index (χ1n) is 6.68. The molecule has 1 aromatic rings. The number of amides is 2. The van der Waals surface area contributed by atoms with Crippen LogP contribution >= 0.6 is 0 Å². The van der Waals surface area contributed by atoms with E-state index in [9.17, 15) is 13.6 Å². The molecule has 1 heterocycles. The van der Waals surface area contributed by atoms with Gasteiger partial charge in [-0.25, -0.2) is 13.6 Å². The number of carbonyl (C=O) groups excluding carboxylic acids is 1. The van der Waals surface area contributed by atoms with E-state index in [-0.39, 0.29) is 24.6 Å². The first-order valence-corrected chi connectivity index (χ1v) is 6.68. The van der Waals surface area contributed by atoms with Crippen molar-refractivity contribution < 1.29 is 18.3 Å². The standard InChI is InChI=1S/C14H18F2N2O2/c15-12-1-2-13(16)11(7-12)3-5-17-14(19)18-8-10-4-6-20-9-10/h1-2,7,10H,3-6,8-9H2,(H2,17,18,19)/t10-/m0/s1. The maximum atomic E-state index is 13.3. The van der Waals surface area contributed by atoms with Gasteiger partial charge in [0.2, 0.25) is 0 Å². The van der Waals surface area contributed by atoms with Gasteiger partial charge in [-0.1, -0.05) is 0 Å². The van der Waals surface area contributed by atoms with Gasteiger partial charge in [0, 0.05) is 25.6 Å². The Labute approximate surface area is 116 Å². The van der Waals surface area contributed by atoms with Crippen molar-refractivity contribution in [2.75, 3.05) is 26.3 Å². The Bertz CT molecular complexity index is 462. The molecule has 1 fully saturated rings. The second-order valence-corrected chi connectivity index (χ2v) is 4.85. The summed E-state index contributed by atoms with van der Waals surface area (Å²) in [4.78, 5) is 11.5. The molecule has 6 heteroatoms. The number of urea groups is 1. The number of ether oxygens (including phenoxy) is 1. The zero-order chi connectivity index (χ0) is 14.4. The molecule has 0 bridgehead atoms. The summed E-state index contributed by atoms with van der Waals surface area (Å²) < 4.78 is 31.5. The van der Waals surface area contributed by atoms with Crippen LogP contribution in [-0.2, 0) is 11.2 Å². The molecule has 2 amide bonds. The minimum atomic E-state index is -0.480. The first-order chi connectivity index (χ1) is 9.65. The van der Waals surface area contributed by atoms with Crippen molar-refractivity contribution in [1.82, 2.24) is 10.6 Å². The van der Waals surface area contributed by atoms with Gasteiger partial charge in [-0.2, -0.15) is 0 Å². The Morgan fingerprint density at radius 1 is 1.35 bits per heavy atom. The second-order valence-electron chi connectivity index (χ2n) is 4.85. The Morgan fingerprint density at radius 3 is 2.95 bits per heavy atom. The number of nitrogens with one attached hydrogen (secondary N) is 2. The molecule has 110 valence electrons. The van der Waals surface area contributed by atoms with Crippen LogP contribution in [0.2, 0.25) is 0 Å². The fourth-order valence-electron chi connectivity index (χ4n) is 2.09. The summed E-state index contributed by atoms with van der Waals surface area (Å²) in [7, 11) is 0. The van der Waals surface area contributed by atoms with Gasteiger partial charge in [-0.05, 0) is 36.6 Å². The van der Waals surface area contributed by atoms with E-state index in [1.165, 1.54) is 0 Å². The van der Waals surface area contributed by atoms with Crippen molar-refractivity contribution >= 4 is 6.03 Å². The fourth-order valence-corrected chi connectivity index (χ4v) is 2.09. The van der Waals surface area contributed by atoms with Crippen LogP contribution in [0.4, 0.5) is 13.6 Å². The van der Waals surface area contributed by atoms with E-state index in [0.717, 1.165) is 31.2 Å². The molecule has 2 N–H and O–H groups in total. The monoisotopic (exact) mass is 284 g/mol. The molecular weight excluding hydrogens is 266 g/mol. The highest BCUT2D eigenvalue weighted by Crippen LogP contribution is 2.11. The van der Waals surface area contributed by atoms with E-state index in [4.69, 9.17) is 4.74 Å². The number of rotatable bonds is 5. The van der Waals surface area contributed by atoms with Gasteiger partial charge >= 0.3 is 6.03 Å². The molecule has 4 nitrogen and oxygen atoms in total. The van der Waals surface area contributed by atoms with Crippen molar-refractivity contribution in [3.05, 3.63) is 35.4 Å².